The van der Waals surface area contributed by atoms with Crippen LogP contribution in [-0.2, 0) is 10.2 Å². The third-order valence-electron chi connectivity index (χ3n) is 5.15. The largest absolute Gasteiger partial charge is 0.381 e. The summed E-state index contributed by atoms with van der Waals surface area (Å²) in [5.74, 6) is 1.33. The van der Waals surface area contributed by atoms with Gasteiger partial charge in [-0.25, -0.2) is 14.8 Å². The maximum Gasteiger partial charge on any atom is 0.319 e. The average Bonchev–Trinajstić information content (AvgIpc) is 3.39. The lowest BCUT2D eigenvalue weighted by molar-refractivity contribution is 0.0794. The van der Waals surface area contributed by atoms with Crippen molar-refractivity contribution in [3.05, 3.63) is 42.2 Å². The molecule has 2 aromatic rings. The normalized spacial score (nSPS) is 24.3. The van der Waals surface area contributed by atoms with Crippen molar-refractivity contribution in [1.29, 1.82) is 0 Å². The first-order chi connectivity index (χ1) is 12.2. The number of ether oxygens (including phenoxy) is 1. The number of carbonyl (C=O) groups excluding carboxylic acids is 1. The molecule has 1 aliphatic heterocycles. The molecule has 6 heteroatoms. The van der Waals surface area contributed by atoms with E-state index < -0.39 is 0 Å². The fourth-order valence-corrected chi connectivity index (χ4v) is 3.64. The molecule has 1 saturated heterocycles. The quantitative estimate of drug-likeness (QED) is 0.899. The predicted octanol–water partition coefficient (Wildman–Crippen LogP) is 2.96. The molecule has 0 spiro atoms. The first kappa shape index (κ1) is 16.0. The topological polar surface area (TPSA) is 76.1 Å². The van der Waals surface area contributed by atoms with Gasteiger partial charge in [-0.1, -0.05) is 0 Å². The van der Waals surface area contributed by atoms with E-state index in [0.717, 1.165) is 42.4 Å². The smallest absolute Gasteiger partial charge is 0.319 e. The molecule has 1 aromatic carbocycles. The molecule has 1 aliphatic carbocycles. The number of hydrogen-bond acceptors (Lipinski definition) is 4. The van der Waals surface area contributed by atoms with Gasteiger partial charge in [0, 0.05) is 36.0 Å². The van der Waals surface area contributed by atoms with Crippen molar-refractivity contribution >= 4 is 11.7 Å². The molecule has 2 heterocycles. The van der Waals surface area contributed by atoms with Gasteiger partial charge in [0.15, 0.2) is 5.82 Å². The number of hydrogen-bond donors (Lipinski definition) is 2. The second kappa shape index (κ2) is 6.44. The molecule has 2 N–H and O–H groups in total. The second-order valence-electron chi connectivity index (χ2n) is 6.71. The molecule has 130 valence electrons. The van der Waals surface area contributed by atoms with Crippen LogP contribution in [-0.4, -0.2) is 35.8 Å². The minimum atomic E-state index is -0.202. The number of nitrogens with one attached hydrogen (secondary N) is 2. The van der Waals surface area contributed by atoms with E-state index in [1.54, 1.807) is 0 Å². The van der Waals surface area contributed by atoms with Crippen molar-refractivity contribution in [3.8, 4) is 11.4 Å². The molecule has 0 radical (unpaired) electrons. The molecular formula is C19H22N4O2. The SMILES string of the molecule is CCNC(=O)Nc1ccc(-c2nccc([C@]34CCOC[C@H]3C4)n2)cc1. The standard InChI is InChI=1S/C19H22N4O2/c1-2-20-18(24)22-15-5-3-13(4-6-15)17-21-9-7-16(23-17)19-8-10-25-12-14(19)11-19/h3-7,9,14H,2,8,10-12H2,1H3,(H2,20,22,24)/t14-,19+/m1/s1. The van der Waals surface area contributed by atoms with Crippen LogP contribution in [0.4, 0.5) is 10.5 Å². The zero-order chi connectivity index (χ0) is 17.3. The lowest BCUT2D eigenvalue weighted by atomic mass is 9.93. The summed E-state index contributed by atoms with van der Waals surface area (Å²) in [5, 5.41) is 5.50. The molecule has 4 rings (SSSR count). The third kappa shape index (κ3) is 3.09. The van der Waals surface area contributed by atoms with Gasteiger partial charge in [0.25, 0.3) is 0 Å². The lowest BCUT2D eigenvalue weighted by Gasteiger charge is -2.22. The van der Waals surface area contributed by atoms with Crippen molar-refractivity contribution < 1.29 is 9.53 Å². The Hall–Kier alpha value is -2.47. The number of amides is 2. The molecule has 0 bridgehead atoms. The van der Waals surface area contributed by atoms with E-state index in [1.807, 2.05) is 43.5 Å². The molecule has 2 amide bonds. The summed E-state index contributed by atoms with van der Waals surface area (Å²) >= 11 is 0. The van der Waals surface area contributed by atoms with Gasteiger partial charge in [-0.3, -0.25) is 0 Å². The highest BCUT2D eigenvalue weighted by Crippen LogP contribution is 2.58. The molecule has 25 heavy (non-hydrogen) atoms. The van der Waals surface area contributed by atoms with E-state index in [2.05, 4.69) is 15.6 Å². The molecule has 2 aliphatic rings. The summed E-state index contributed by atoms with van der Waals surface area (Å²) in [7, 11) is 0. The van der Waals surface area contributed by atoms with Gasteiger partial charge in [0.05, 0.1) is 12.3 Å². The van der Waals surface area contributed by atoms with E-state index in [4.69, 9.17) is 9.72 Å². The number of anilines is 1. The predicted molar refractivity (Wildman–Crippen MR) is 95.4 cm³/mol. The molecular weight excluding hydrogens is 316 g/mol. The first-order valence-corrected chi connectivity index (χ1v) is 8.78. The minimum Gasteiger partial charge on any atom is -0.381 e. The Kier molecular flexibility index (Phi) is 4.13. The van der Waals surface area contributed by atoms with Crippen LogP contribution in [0.15, 0.2) is 36.5 Å². The van der Waals surface area contributed by atoms with Gasteiger partial charge < -0.3 is 15.4 Å². The van der Waals surface area contributed by atoms with Crippen LogP contribution in [0.5, 0.6) is 0 Å². The fraction of sp³-hybridized carbons (Fsp3) is 0.421. The molecule has 1 aromatic heterocycles. The third-order valence-corrected chi connectivity index (χ3v) is 5.15. The maximum atomic E-state index is 11.6. The van der Waals surface area contributed by atoms with Gasteiger partial charge >= 0.3 is 6.03 Å². The summed E-state index contributed by atoms with van der Waals surface area (Å²) in [5.41, 5.74) is 3.03. The Morgan fingerprint density at radius 2 is 2.16 bits per heavy atom. The molecule has 2 atom stereocenters. The van der Waals surface area contributed by atoms with Crippen molar-refractivity contribution in [2.24, 2.45) is 5.92 Å². The van der Waals surface area contributed by atoms with E-state index >= 15 is 0 Å². The monoisotopic (exact) mass is 338 g/mol. The van der Waals surface area contributed by atoms with Crippen LogP contribution >= 0.6 is 0 Å². The summed E-state index contributed by atoms with van der Waals surface area (Å²) in [6, 6.07) is 9.45. The highest BCUT2D eigenvalue weighted by Gasteiger charge is 2.57. The minimum absolute atomic E-state index is 0.202. The zero-order valence-electron chi connectivity index (χ0n) is 14.3. The Balaban J connectivity index is 1.52. The van der Waals surface area contributed by atoms with Gasteiger partial charge in [0.1, 0.15) is 0 Å². The second-order valence-corrected chi connectivity index (χ2v) is 6.71. The van der Waals surface area contributed by atoms with Gasteiger partial charge in [-0.15, -0.1) is 0 Å². The van der Waals surface area contributed by atoms with Crippen LogP contribution in [0.1, 0.15) is 25.5 Å². The van der Waals surface area contributed by atoms with Crippen molar-refractivity contribution in [3.63, 3.8) is 0 Å². The van der Waals surface area contributed by atoms with Crippen LogP contribution < -0.4 is 10.6 Å². The highest BCUT2D eigenvalue weighted by molar-refractivity contribution is 5.89. The van der Waals surface area contributed by atoms with Crippen molar-refractivity contribution in [2.75, 3.05) is 25.1 Å². The van der Waals surface area contributed by atoms with Crippen molar-refractivity contribution in [2.45, 2.75) is 25.2 Å². The van der Waals surface area contributed by atoms with Gasteiger partial charge in [-0.05, 0) is 56.0 Å². The molecule has 0 unspecified atom stereocenters. The molecule has 6 nitrogen and oxygen atoms in total. The Bertz CT molecular complexity index is 777. The van der Waals surface area contributed by atoms with E-state index in [-0.39, 0.29) is 11.4 Å². The summed E-state index contributed by atoms with van der Waals surface area (Å²) in [6.07, 6.45) is 4.06. The number of carbonyl (C=O) groups is 1. The number of urea groups is 1. The fourth-order valence-electron chi connectivity index (χ4n) is 3.64. The summed E-state index contributed by atoms with van der Waals surface area (Å²) in [6.45, 7) is 4.14. The van der Waals surface area contributed by atoms with E-state index in [0.29, 0.717) is 12.5 Å². The number of nitrogens with zero attached hydrogens (tertiary/aromatic N) is 2. The van der Waals surface area contributed by atoms with E-state index in [9.17, 15) is 4.79 Å². The number of aromatic nitrogens is 2. The lowest BCUT2D eigenvalue weighted by Crippen LogP contribution is -2.28. The summed E-state index contributed by atoms with van der Waals surface area (Å²) in [4.78, 5) is 20.8. The number of rotatable bonds is 4. The Labute approximate surface area is 147 Å². The highest BCUT2D eigenvalue weighted by atomic mass is 16.5. The first-order valence-electron chi connectivity index (χ1n) is 8.78. The summed E-state index contributed by atoms with van der Waals surface area (Å²) < 4.78 is 5.56. The number of fused-ring (bicyclic) bond motifs is 1. The van der Waals surface area contributed by atoms with E-state index in [1.165, 1.54) is 6.42 Å². The zero-order valence-corrected chi connectivity index (χ0v) is 14.3. The van der Waals surface area contributed by atoms with Crippen molar-refractivity contribution in [1.82, 2.24) is 15.3 Å². The van der Waals surface area contributed by atoms with Crippen LogP contribution in [0.2, 0.25) is 0 Å². The molecule has 1 saturated carbocycles. The maximum absolute atomic E-state index is 11.6. The van der Waals surface area contributed by atoms with Crippen LogP contribution in [0.25, 0.3) is 11.4 Å². The van der Waals surface area contributed by atoms with Crippen LogP contribution in [0.3, 0.4) is 0 Å². The van der Waals surface area contributed by atoms with Crippen LogP contribution in [0, 0.1) is 5.92 Å². The number of benzene rings is 1. The van der Waals surface area contributed by atoms with Gasteiger partial charge in [-0.2, -0.15) is 0 Å². The average molecular weight is 338 g/mol. The molecule has 2 fully saturated rings. The Morgan fingerprint density at radius 3 is 2.92 bits per heavy atom. The Morgan fingerprint density at radius 1 is 1.32 bits per heavy atom. The van der Waals surface area contributed by atoms with Gasteiger partial charge in [0.2, 0.25) is 0 Å².